The molecule has 0 aliphatic rings. The SMILES string of the molecule is C=C(CN)COCCCCCCCC. The number of unbranched alkanes of at least 4 members (excludes halogenated alkanes) is 5. The van der Waals surface area contributed by atoms with E-state index >= 15 is 0 Å². The van der Waals surface area contributed by atoms with Crippen molar-refractivity contribution in [2.24, 2.45) is 5.73 Å². The number of nitrogens with two attached hydrogens (primary N) is 1. The molecule has 0 aromatic heterocycles. The fourth-order valence-electron chi connectivity index (χ4n) is 1.26. The highest BCUT2D eigenvalue weighted by molar-refractivity contribution is 4.95. The molecule has 2 N–H and O–H groups in total. The Morgan fingerprint density at radius 3 is 2.43 bits per heavy atom. The van der Waals surface area contributed by atoms with Gasteiger partial charge in [-0.1, -0.05) is 45.6 Å². The molecule has 0 heterocycles. The molecule has 2 heteroatoms. The molecular formula is C12H25NO. The molecule has 0 aromatic carbocycles. The summed E-state index contributed by atoms with van der Waals surface area (Å²) in [6.07, 6.45) is 7.84. The van der Waals surface area contributed by atoms with Gasteiger partial charge in [-0.05, 0) is 12.0 Å². The highest BCUT2D eigenvalue weighted by Crippen LogP contribution is 2.05. The Hall–Kier alpha value is -0.340. The molecule has 0 unspecified atom stereocenters. The van der Waals surface area contributed by atoms with Crippen molar-refractivity contribution in [1.82, 2.24) is 0 Å². The summed E-state index contributed by atoms with van der Waals surface area (Å²) < 4.78 is 5.41. The molecule has 0 aliphatic carbocycles. The van der Waals surface area contributed by atoms with Gasteiger partial charge in [-0.3, -0.25) is 0 Å². The largest absolute Gasteiger partial charge is 0.377 e. The van der Waals surface area contributed by atoms with Gasteiger partial charge in [-0.15, -0.1) is 0 Å². The first-order chi connectivity index (χ1) is 6.81. The molecule has 0 atom stereocenters. The fraction of sp³-hybridized carbons (Fsp3) is 0.833. The lowest BCUT2D eigenvalue weighted by atomic mass is 10.1. The van der Waals surface area contributed by atoms with Crippen molar-refractivity contribution in [3.8, 4) is 0 Å². The molecule has 0 aromatic rings. The first-order valence-corrected chi connectivity index (χ1v) is 5.75. The van der Waals surface area contributed by atoms with Crippen LogP contribution in [0.5, 0.6) is 0 Å². The summed E-state index contributed by atoms with van der Waals surface area (Å²) in [6, 6.07) is 0. The molecule has 84 valence electrons. The van der Waals surface area contributed by atoms with E-state index in [4.69, 9.17) is 10.5 Å². The van der Waals surface area contributed by atoms with Crippen LogP contribution in [0.3, 0.4) is 0 Å². The van der Waals surface area contributed by atoms with Crippen LogP contribution in [0.1, 0.15) is 45.4 Å². The third kappa shape index (κ3) is 9.75. The van der Waals surface area contributed by atoms with Gasteiger partial charge in [0.05, 0.1) is 6.61 Å². The Balaban J connectivity index is 2.95. The van der Waals surface area contributed by atoms with Crippen molar-refractivity contribution >= 4 is 0 Å². The van der Waals surface area contributed by atoms with Crippen LogP contribution in [0.25, 0.3) is 0 Å². The van der Waals surface area contributed by atoms with Crippen molar-refractivity contribution in [1.29, 1.82) is 0 Å². The predicted octanol–water partition coefficient (Wildman–Crippen LogP) is 2.88. The number of rotatable bonds is 10. The third-order valence-corrected chi connectivity index (χ3v) is 2.24. The summed E-state index contributed by atoms with van der Waals surface area (Å²) in [7, 11) is 0. The van der Waals surface area contributed by atoms with Gasteiger partial charge in [0.15, 0.2) is 0 Å². The second kappa shape index (κ2) is 10.7. The molecule has 0 saturated heterocycles. The molecule has 14 heavy (non-hydrogen) atoms. The highest BCUT2D eigenvalue weighted by atomic mass is 16.5. The molecule has 0 spiro atoms. The van der Waals surface area contributed by atoms with Crippen LogP contribution in [0.2, 0.25) is 0 Å². The Bertz CT molecular complexity index is 134. The van der Waals surface area contributed by atoms with Crippen molar-refractivity contribution < 1.29 is 4.74 Å². The number of hydrogen-bond donors (Lipinski definition) is 1. The third-order valence-electron chi connectivity index (χ3n) is 2.24. The van der Waals surface area contributed by atoms with Crippen molar-refractivity contribution in [3.63, 3.8) is 0 Å². The molecule has 0 aliphatic heterocycles. The van der Waals surface area contributed by atoms with Gasteiger partial charge < -0.3 is 10.5 Å². The summed E-state index contributed by atoms with van der Waals surface area (Å²) >= 11 is 0. The summed E-state index contributed by atoms with van der Waals surface area (Å²) in [6.45, 7) is 8.04. The van der Waals surface area contributed by atoms with Gasteiger partial charge in [0.25, 0.3) is 0 Å². The summed E-state index contributed by atoms with van der Waals surface area (Å²) in [5.41, 5.74) is 6.37. The minimum Gasteiger partial charge on any atom is -0.377 e. The van der Waals surface area contributed by atoms with Crippen molar-refractivity contribution in [2.75, 3.05) is 19.8 Å². The number of ether oxygens (including phenoxy) is 1. The Morgan fingerprint density at radius 2 is 1.79 bits per heavy atom. The normalized spacial score (nSPS) is 10.4. The average molecular weight is 199 g/mol. The van der Waals surface area contributed by atoms with Crippen LogP contribution in [-0.4, -0.2) is 19.8 Å². The maximum absolute atomic E-state index is 5.41. The van der Waals surface area contributed by atoms with E-state index in [0.717, 1.165) is 12.2 Å². The van der Waals surface area contributed by atoms with Gasteiger partial charge in [-0.2, -0.15) is 0 Å². The minimum atomic E-state index is 0.538. The molecule has 0 radical (unpaired) electrons. The maximum Gasteiger partial charge on any atom is 0.0686 e. The van der Waals surface area contributed by atoms with Crippen LogP contribution in [0, 0.1) is 0 Å². The van der Waals surface area contributed by atoms with Crippen molar-refractivity contribution in [2.45, 2.75) is 45.4 Å². The van der Waals surface area contributed by atoms with E-state index in [1.807, 2.05) is 0 Å². The van der Waals surface area contributed by atoms with E-state index in [1.165, 1.54) is 38.5 Å². The Kier molecular flexibility index (Phi) is 10.5. The minimum absolute atomic E-state index is 0.538. The molecular weight excluding hydrogens is 174 g/mol. The zero-order valence-corrected chi connectivity index (χ0v) is 9.56. The van der Waals surface area contributed by atoms with Crippen LogP contribution in [0.4, 0.5) is 0 Å². The van der Waals surface area contributed by atoms with Crippen LogP contribution >= 0.6 is 0 Å². The van der Waals surface area contributed by atoms with Gasteiger partial charge >= 0.3 is 0 Å². The smallest absolute Gasteiger partial charge is 0.0686 e. The van der Waals surface area contributed by atoms with Gasteiger partial charge in [-0.25, -0.2) is 0 Å². The van der Waals surface area contributed by atoms with Gasteiger partial charge in [0, 0.05) is 13.2 Å². The average Bonchev–Trinajstić information content (AvgIpc) is 2.21. The second-order valence-electron chi connectivity index (χ2n) is 3.77. The van der Waals surface area contributed by atoms with E-state index in [-0.39, 0.29) is 0 Å². The molecule has 0 rings (SSSR count). The summed E-state index contributed by atoms with van der Waals surface area (Å²) in [5.74, 6) is 0. The van der Waals surface area contributed by atoms with Crippen LogP contribution < -0.4 is 5.73 Å². The van der Waals surface area contributed by atoms with Crippen LogP contribution in [-0.2, 0) is 4.74 Å². The molecule has 2 nitrogen and oxygen atoms in total. The highest BCUT2D eigenvalue weighted by Gasteiger charge is 1.92. The Labute approximate surface area is 88.5 Å². The predicted molar refractivity (Wildman–Crippen MR) is 62.4 cm³/mol. The lowest BCUT2D eigenvalue weighted by Crippen LogP contribution is -2.08. The monoisotopic (exact) mass is 199 g/mol. The number of hydrogen-bond acceptors (Lipinski definition) is 2. The van der Waals surface area contributed by atoms with E-state index in [2.05, 4.69) is 13.5 Å². The lowest BCUT2D eigenvalue weighted by Gasteiger charge is -2.04. The molecule has 0 saturated carbocycles. The first kappa shape index (κ1) is 13.7. The zero-order chi connectivity index (χ0) is 10.6. The van der Waals surface area contributed by atoms with E-state index in [1.54, 1.807) is 0 Å². The molecule has 0 fully saturated rings. The first-order valence-electron chi connectivity index (χ1n) is 5.75. The summed E-state index contributed by atoms with van der Waals surface area (Å²) in [5, 5.41) is 0. The van der Waals surface area contributed by atoms with Crippen molar-refractivity contribution in [3.05, 3.63) is 12.2 Å². The topological polar surface area (TPSA) is 35.2 Å². The zero-order valence-electron chi connectivity index (χ0n) is 9.56. The van der Waals surface area contributed by atoms with Gasteiger partial charge in [0.2, 0.25) is 0 Å². The summed E-state index contributed by atoms with van der Waals surface area (Å²) in [4.78, 5) is 0. The molecule has 0 amide bonds. The Morgan fingerprint density at radius 1 is 1.14 bits per heavy atom. The van der Waals surface area contributed by atoms with E-state index < -0.39 is 0 Å². The van der Waals surface area contributed by atoms with Gasteiger partial charge in [0.1, 0.15) is 0 Å². The van der Waals surface area contributed by atoms with E-state index in [0.29, 0.717) is 13.2 Å². The fourth-order valence-corrected chi connectivity index (χ4v) is 1.26. The quantitative estimate of drug-likeness (QED) is 0.434. The van der Waals surface area contributed by atoms with E-state index in [9.17, 15) is 0 Å². The standard InChI is InChI=1S/C12H25NO/c1-3-4-5-6-7-8-9-14-11-12(2)10-13/h2-11,13H2,1H3. The lowest BCUT2D eigenvalue weighted by molar-refractivity contribution is 0.150. The maximum atomic E-state index is 5.41. The van der Waals surface area contributed by atoms with Crippen LogP contribution in [0.15, 0.2) is 12.2 Å². The second-order valence-corrected chi connectivity index (χ2v) is 3.77. The molecule has 0 bridgehead atoms.